The highest BCUT2D eigenvalue weighted by atomic mass is 16.5. The molecule has 0 bridgehead atoms. The van der Waals surface area contributed by atoms with Crippen LogP contribution in [0, 0.1) is 0 Å². The zero-order valence-electron chi connectivity index (χ0n) is 12.5. The molecule has 0 aromatic heterocycles. The lowest BCUT2D eigenvalue weighted by Gasteiger charge is -2.32. The number of hydrogen-bond acceptors (Lipinski definition) is 3. The average Bonchev–Trinajstić information content (AvgIpc) is 2.60. The molecule has 0 radical (unpaired) electrons. The summed E-state index contributed by atoms with van der Waals surface area (Å²) in [5.41, 5.74) is 0.570. The van der Waals surface area contributed by atoms with E-state index in [1.807, 2.05) is 36.4 Å². The number of rotatable bonds is 3. The molecule has 0 aliphatic carbocycles. The van der Waals surface area contributed by atoms with Crippen molar-refractivity contribution < 1.29 is 14.3 Å². The Morgan fingerprint density at radius 3 is 2.32 bits per heavy atom. The molecule has 2 amide bonds. The molecule has 0 saturated carbocycles. The third-order valence-corrected chi connectivity index (χ3v) is 4.05. The van der Waals surface area contributed by atoms with Gasteiger partial charge in [0.2, 0.25) is 6.41 Å². The van der Waals surface area contributed by atoms with Crippen molar-refractivity contribution in [2.75, 3.05) is 33.3 Å². The zero-order chi connectivity index (χ0) is 15.5. The molecular weight excluding hydrogens is 280 g/mol. The van der Waals surface area contributed by atoms with Gasteiger partial charge in [0.05, 0.1) is 12.7 Å². The van der Waals surface area contributed by atoms with Crippen molar-refractivity contribution in [1.82, 2.24) is 9.80 Å². The number of fused-ring (bicyclic) bond motifs is 1. The molecule has 2 aromatic carbocycles. The summed E-state index contributed by atoms with van der Waals surface area (Å²) in [6.07, 6.45) is 0.832. The Morgan fingerprint density at radius 1 is 1.09 bits per heavy atom. The number of methoxy groups -OCH3 is 1. The van der Waals surface area contributed by atoms with Gasteiger partial charge in [-0.3, -0.25) is 9.59 Å². The summed E-state index contributed by atoms with van der Waals surface area (Å²) in [7, 11) is 1.57. The molecule has 2 aromatic rings. The van der Waals surface area contributed by atoms with Gasteiger partial charge in [-0.15, -0.1) is 0 Å². The van der Waals surface area contributed by atoms with Gasteiger partial charge in [-0.25, -0.2) is 0 Å². The Bertz CT molecular complexity index is 706. The zero-order valence-corrected chi connectivity index (χ0v) is 12.5. The maximum Gasteiger partial charge on any atom is 0.257 e. The lowest BCUT2D eigenvalue weighted by molar-refractivity contribution is -0.119. The van der Waals surface area contributed by atoms with Crippen LogP contribution in [-0.2, 0) is 4.79 Å². The van der Waals surface area contributed by atoms with Gasteiger partial charge < -0.3 is 14.5 Å². The molecule has 114 valence electrons. The van der Waals surface area contributed by atoms with Crippen molar-refractivity contribution in [3.63, 3.8) is 0 Å². The second kappa shape index (κ2) is 6.05. The average molecular weight is 298 g/mol. The highest BCUT2D eigenvalue weighted by molar-refractivity contribution is 6.01. The van der Waals surface area contributed by atoms with E-state index >= 15 is 0 Å². The Morgan fingerprint density at radius 2 is 1.73 bits per heavy atom. The number of nitrogens with zero attached hydrogens (tertiary/aromatic N) is 2. The van der Waals surface area contributed by atoms with Crippen LogP contribution in [0.25, 0.3) is 10.8 Å². The van der Waals surface area contributed by atoms with E-state index in [4.69, 9.17) is 4.74 Å². The van der Waals surface area contributed by atoms with E-state index in [1.54, 1.807) is 16.9 Å². The van der Waals surface area contributed by atoms with Crippen molar-refractivity contribution in [3.05, 3.63) is 42.0 Å². The minimum absolute atomic E-state index is 0.0480. The number of carbonyl (C=O) groups excluding carboxylic acids is 2. The molecule has 1 heterocycles. The molecule has 0 N–H and O–H groups in total. The van der Waals surface area contributed by atoms with Crippen LogP contribution >= 0.6 is 0 Å². The van der Waals surface area contributed by atoms with Crippen LogP contribution in [0.3, 0.4) is 0 Å². The Balaban J connectivity index is 1.91. The van der Waals surface area contributed by atoms with Crippen LogP contribution in [0.15, 0.2) is 36.4 Å². The van der Waals surface area contributed by atoms with Crippen molar-refractivity contribution in [2.24, 2.45) is 0 Å². The van der Waals surface area contributed by atoms with E-state index in [9.17, 15) is 9.59 Å². The molecule has 0 atom stereocenters. The molecular formula is C17H18N2O3. The summed E-state index contributed by atoms with van der Waals surface area (Å²) in [6.45, 7) is 2.25. The van der Waals surface area contributed by atoms with Gasteiger partial charge in [-0.1, -0.05) is 24.3 Å². The smallest absolute Gasteiger partial charge is 0.257 e. The first kappa shape index (κ1) is 14.4. The maximum absolute atomic E-state index is 12.8. The predicted octanol–water partition coefficient (Wildman–Crippen LogP) is 1.76. The van der Waals surface area contributed by atoms with E-state index < -0.39 is 0 Å². The topological polar surface area (TPSA) is 49.9 Å². The number of benzene rings is 2. The second-order valence-electron chi connectivity index (χ2n) is 5.33. The number of ether oxygens (including phenoxy) is 1. The van der Waals surface area contributed by atoms with Gasteiger partial charge >= 0.3 is 0 Å². The fourth-order valence-electron chi connectivity index (χ4n) is 2.76. The molecule has 1 fully saturated rings. The first-order valence-corrected chi connectivity index (χ1v) is 7.28. The van der Waals surface area contributed by atoms with Gasteiger partial charge in [0.15, 0.2) is 0 Å². The van der Waals surface area contributed by atoms with Crippen LogP contribution in [0.5, 0.6) is 5.75 Å². The van der Waals surface area contributed by atoms with E-state index in [0.29, 0.717) is 37.5 Å². The number of piperazine rings is 1. The molecule has 1 aliphatic heterocycles. The summed E-state index contributed by atoms with van der Waals surface area (Å²) < 4.78 is 5.39. The highest BCUT2D eigenvalue weighted by Gasteiger charge is 2.24. The lowest BCUT2D eigenvalue weighted by Crippen LogP contribution is -2.48. The molecule has 22 heavy (non-hydrogen) atoms. The van der Waals surface area contributed by atoms with Crippen molar-refractivity contribution >= 4 is 23.1 Å². The van der Waals surface area contributed by atoms with Gasteiger partial charge in [0.1, 0.15) is 5.75 Å². The fraction of sp³-hybridized carbons (Fsp3) is 0.294. The minimum atomic E-state index is -0.0480. The second-order valence-corrected chi connectivity index (χ2v) is 5.33. The Hall–Kier alpha value is -2.56. The summed E-state index contributed by atoms with van der Waals surface area (Å²) in [6, 6.07) is 11.7. The molecule has 0 unspecified atom stereocenters. The molecule has 1 saturated heterocycles. The van der Waals surface area contributed by atoms with Crippen molar-refractivity contribution in [3.8, 4) is 5.75 Å². The molecule has 3 rings (SSSR count). The fourth-order valence-corrected chi connectivity index (χ4v) is 2.76. The summed E-state index contributed by atoms with van der Waals surface area (Å²) in [5.74, 6) is 0.537. The molecule has 5 nitrogen and oxygen atoms in total. The third-order valence-electron chi connectivity index (χ3n) is 4.05. The van der Waals surface area contributed by atoms with Gasteiger partial charge in [-0.05, 0) is 22.9 Å². The normalized spacial score (nSPS) is 15.0. The van der Waals surface area contributed by atoms with Crippen LogP contribution < -0.4 is 4.74 Å². The van der Waals surface area contributed by atoms with Gasteiger partial charge in [-0.2, -0.15) is 0 Å². The Labute approximate surface area is 129 Å². The largest absolute Gasteiger partial charge is 0.496 e. The van der Waals surface area contributed by atoms with Crippen LogP contribution in [0.1, 0.15) is 10.4 Å². The summed E-state index contributed by atoms with van der Waals surface area (Å²) >= 11 is 0. The first-order valence-electron chi connectivity index (χ1n) is 7.28. The van der Waals surface area contributed by atoms with Crippen LogP contribution in [0.2, 0.25) is 0 Å². The van der Waals surface area contributed by atoms with Crippen molar-refractivity contribution in [2.45, 2.75) is 0 Å². The van der Waals surface area contributed by atoms with Crippen LogP contribution in [0.4, 0.5) is 0 Å². The SMILES string of the molecule is COc1cc2ccccc2cc1C(=O)N1CCN(C=O)CC1. The molecule has 0 spiro atoms. The van der Waals surface area contributed by atoms with Gasteiger partial charge in [0, 0.05) is 26.2 Å². The summed E-state index contributed by atoms with van der Waals surface area (Å²) in [5, 5.41) is 2.06. The van der Waals surface area contributed by atoms with E-state index in [2.05, 4.69) is 0 Å². The highest BCUT2D eigenvalue weighted by Crippen LogP contribution is 2.27. The van der Waals surface area contributed by atoms with E-state index in [-0.39, 0.29) is 5.91 Å². The Kier molecular flexibility index (Phi) is 3.96. The van der Waals surface area contributed by atoms with E-state index in [1.165, 1.54) is 0 Å². The monoisotopic (exact) mass is 298 g/mol. The van der Waals surface area contributed by atoms with Gasteiger partial charge in [0.25, 0.3) is 5.91 Å². The van der Waals surface area contributed by atoms with Crippen molar-refractivity contribution in [1.29, 1.82) is 0 Å². The maximum atomic E-state index is 12.8. The quantitative estimate of drug-likeness (QED) is 0.811. The number of carbonyl (C=O) groups is 2. The number of hydrogen-bond donors (Lipinski definition) is 0. The van der Waals surface area contributed by atoms with E-state index in [0.717, 1.165) is 17.2 Å². The standard InChI is InChI=1S/C17H18N2O3/c1-22-16-11-14-5-3-2-4-13(14)10-15(16)17(21)19-8-6-18(12-20)7-9-19/h2-5,10-12H,6-9H2,1H3. The molecule has 1 aliphatic rings. The predicted molar refractivity (Wildman–Crippen MR) is 84.0 cm³/mol. The van der Waals surface area contributed by atoms with Crippen LogP contribution in [-0.4, -0.2) is 55.4 Å². The lowest BCUT2D eigenvalue weighted by atomic mass is 10.0. The minimum Gasteiger partial charge on any atom is -0.496 e. The molecule has 5 heteroatoms. The summed E-state index contributed by atoms with van der Waals surface area (Å²) in [4.78, 5) is 27.0. The first-order chi connectivity index (χ1) is 10.7. The third kappa shape index (κ3) is 2.62. The number of amides is 2.